The monoisotopic (exact) mass is 377 g/mol. The van der Waals surface area contributed by atoms with Gasteiger partial charge in [-0.2, -0.15) is 0 Å². The van der Waals surface area contributed by atoms with Crippen molar-refractivity contribution in [3.63, 3.8) is 0 Å². The largest absolute Gasteiger partial charge is 0.368 e. The van der Waals surface area contributed by atoms with Crippen molar-refractivity contribution in [1.29, 1.82) is 0 Å². The fraction of sp³-hybridized carbons (Fsp3) is 0.462. The van der Waals surface area contributed by atoms with E-state index >= 15 is 0 Å². The fourth-order valence-corrected chi connectivity index (χ4v) is 4.84. The van der Waals surface area contributed by atoms with Gasteiger partial charge in [0.25, 0.3) is 0 Å². The molecule has 1 N–H and O–H groups in total. The third-order valence-electron chi connectivity index (χ3n) is 6.50. The Labute approximate surface area is 171 Å². The number of methoxy groups -OCH3 is 1. The summed E-state index contributed by atoms with van der Waals surface area (Å²) in [5.74, 6) is 0.257. The lowest BCUT2D eigenvalue weighted by molar-refractivity contribution is -0.0351. The number of hydrogen-bond acceptors (Lipinski definition) is 2. The molecular weight excluding hydrogens is 342 g/mol. The molecule has 0 amide bonds. The highest BCUT2D eigenvalue weighted by molar-refractivity contribution is 5.38. The van der Waals surface area contributed by atoms with Crippen LogP contribution < -0.4 is 5.32 Å². The zero-order valence-corrected chi connectivity index (χ0v) is 17.7. The molecular formula is C26H35NO. The van der Waals surface area contributed by atoms with Crippen molar-refractivity contribution in [2.24, 2.45) is 5.92 Å². The Kier molecular flexibility index (Phi) is 7.47. The van der Waals surface area contributed by atoms with Gasteiger partial charge in [-0.3, -0.25) is 0 Å². The average molecular weight is 378 g/mol. The quantitative estimate of drug-likeness (QED) is 0.563. The van der Waals surface area contributed by atoms with Crippen LogP contribution in [0.4, 0.5) is 0 Å². The van der Waals surface area contributed by atoms with Gasteiger partial charge in [0.2, 0.25) is 0 Å². The first kappa shape index (κ1) is 20.8. The molecule has 1 aliphatic rings. The minimum absolute atomic E-state index is 0.257. The van der Waals surface area contributed by atoms with Crippen LogP contribution in [0.25, 0.3) is 0 Å². The van der Waals surface area contributed by atoms with Crippen molar-refractivity contribution in [2.45, 2.75) is 57.1 Å². The van der Waals surface area contributed by atoms with Crippen LogP contribution >= 0.6 is 0 Å². The van der Waals surface area contributed by atoms with Crippen molar-refractivity contribution in [2.75, 3.05) is 14.2 Å². The molecule has 0 aromatic heterocycles. The Morgan fingerprint density at radius 3 is 1.93 bits per heavy atom. The highest BCUT2D eigenvalue weighted by Crippen LogP contribution is 2.42. The van der Waals surface area contributed by atoms with Crippen LogP contribution in [-0.2, 0) is 10.3 Å². The van der Waals surface area contributed by atoms with Gasteiger partial charge in [0.15, 0.2) is 0 Å². The lowest BCUT2D eigenvalue weighted by Crippen LogP contribution is -2.47. The number of benzene rings is 2. The third-order valence-corrected chi connectivity index (χ3v) is 6.50. The van der Waals surface area contributed by atoms with Gasteiger partial charge >= 0.3 is 0 Å². The molecule has 2 atom stereocenters. The normalized spacial score (nSPS) is 17.2. The van der Waals surface area contributed by atoms with Crippen molar-refractivity contribution >= 4 is 0 Å². The molecule has 0 radical (unpaired) electrons. The maximum Gasteiger partial charge on any atom is 0.122 e. The van der Waals surface area contributed by atoms with Crippen molar-refractivity contribution in [1.82, 2.24) is 5.32 Å². The van der Waals surface area contributed by atoms with E-state index in [9.17, 15) is 0 Å². The maximum absolute atomic E-state index is 6.39. The molecule has 2 heteroatoms. The highest BCUT2D eigenvalue weighted by Gasteiger charge is 2.43. The zero-order valence-electron chi connectivity index (χ0n) is 17.7. The van der Waals surface area contributed by atoms with E-state index < -0.39 is 5.60 Å². The van der Waals surface area contributed by atoms with Crippen LogP contribution in [-0.4, -0.2) is 20.2 Å². The van der Waals surface area contributed by atoms with Gasteiger partial charge in [-0.1, -0.05) is 85.7 Å². The van der Waals surface area contributed by atoms with Crippen LogP contribution in [0.3, 0.4) is 0 Å². The van der Waals surface area contributed by atoms with E-state index in [2.05, 4.69) is 86.0 Å². The third kappa shape index (κ3) is 4.39. The topological polar surface area (TPSA) is 21.3 Å². The predicted octanol–water partition coefficient (Wildman–Crippen LogP) is 6.08. The van der Waals surface area contributed by atoms with E-state index in [0.29, 0.717) is 6.04 Å². The van der Waals surface area contributed by atoms with Crippen LogP contribution in [0.15, 0.2) is 72.3 Å². The van der Waals surface area contributed by atoms with Crippen LogP contribution in [0.1, 0.15) is 56.6 Å². The zero-order chi connectivity index (χ0) is 19.8. The summed E-state index contributed by atoms with van der Waals surface area (Å²) in [5, 5.41) is 3.60. The molecule has 0 aliphatic heterocycles. The molecule has 1 aliphatic carbocycles. The van der Waals surface area contributed by atoms with Crippen LogP contribution in [0, 0.1) is 5.92 Å². The summed E-state index contributed by atoms with van der Waals surface area (Å²) >= 11 is 0. The molecule has 28 heavy (non-hydrogen) atoms. The number of allylic oxidation sites excluding steroid dienone is 1. The van der Waals surface area contributed by atoms with Gasteiger partial charge in [0.1, 0.15) is 5.60 Å². The minimum Gasteiger partial charge on any atom is -0.368 e. The first-order valence-electron chi connectivity index (χ1n) is 10.7. The number of hydrogen-bond donors (Lipinski definition) is 1. The van der Waals surface area contributed by atoms with Crippen molar-refractivity contribution < 1.29 is 4.74 Å². The number of nitrogens with one attached hydrogen (secondary N) is 1. The molecule has 3 rings (SSSR count). The lowest BCUT2D eigenvalue weighted by Gasteiger charge is -2.42. The van der Waals surface area contributed by atoms with Gasteiger partial charge < -0.3 is 10.1 Å². The molecule has 0 heterocycles. The summed E-state index contributed by atoms with van der Waals surface area (Å²) in [4.78, 5) is 0. The summed E-state index contributed by atoms with van der Waals surface area (Å²) in [6, 6.07) is 21.7. The van der Waals surface area contributed by atoms with Gasteiger partial charge in [-0.15, -0.1) is 0 Å². The number of ether oxygens (including phenoxy) is 1. The molecule has 1 saturated carbocycles. The number of rotatable bonds is 8. The predicted molar refractivity (Wildman–Crippen MR) is 118 cm³/mol. The van der Waals surface area contributed by atoms with Crippen molar-refractivity contribution in [3.8, 4) is 0 Å². The van der Waals surface area contributed by atoms with E-state index in [1.807, 2.05) is 7.11 Å². The molecule has 2 aromatic carbocycles. The Hall–Kier alpha value is -1.90. The smallest absolute Gasteiger partial charge is 0.122 e. The molecule has 0 saturated heterocycles. The summed E-state index contributed by atoms with van der Waals surface area (Å²) in [6.45, 7) is 2.32. The summed E-state index contributed by atoms with van der Waals surface area (Å²) in [7, 11) is 3.93. The van der Waals surface area contributed by atoms with E-state index in [1.54, 1.807) is 5.57 Å². The summed E-state index contributed by atoms with van der Waals surface area (Å²) in [6.07, 6.45) is 10.2. The van der Waals surface area contributed by atoms with Crippen LogP contribution in [0.5, 0.6) is 0 Å². The molecule has 1 fully saturated rings. The van der Waals surface area contributed by atoms with E-state index in [0.717, 1.165) is 6.42 Å². The van der Waals surface area contributed by atoms with Gasteiger partial charge in [-0.25, -0.2) is 0 Å². The minimum atomic E-state index is -0.485. The Balaban J connectivity index is 1.96. The fourth-order valence-electron chi connectivity index (χ4n) is 4.84. The molecule has 0 spiro atoms. The van der Waals surface area contributed by atoms with E-state index in [1.165, 1.54) is 43.2 Å². The Morgan fingerprint density at radius 2 is 1.46 bits per heavy atom. The Bertz CT molecular complexity index is 690. The van der Waals surface area contributed by atoms with Gasteiger partial charge in [0, 0.05) is 19.1 Å². The van der Waals surface area contributed by atoms with Crippen LogP contribution in [0.2, 0.25) is 0 Å². The second kappa shape index (κ2) is 10.0. The van der Waals surface area contributed by atoms with E-state index in [4.69, 9.17) is 4.74 Å². The Morgan fingerprint density at radius 1 is 0.929 bits per heavy atom. The highest BCUT2D eigenvalue weighted by atomic mass is 16.5. The molecule has 0 bridgehead atoms. The second-order valence-corrected chi connectivity index (χ2v) is 8.01. The average Bonchev–Trinajstić information content (AvgIpc) is 2.77. The van der Waals surface area contributed by atoms with E-state index in [-0.39, 0.29) is 5.92 Å². The lowest BCUT2D eigenvalue weighted by atomic mass is 9.72. The summed E-state index contributed by atoms with van der Waals surface area (Å²) < 4.78 is 6.39. The second-order valence-electron chi connectivity index (χ2n) is 8.01. The molecule has 150 valence electrons. The molecule has 2 nitrogen and oxygen atoms in total. The molecule has 2 aromatic rings. The summed E-state index contributed by atoms with van der Waals surface area (Å²) in [5.41, 5.74) is 3.58. The first-order valence-corrected chi connectivity index (χ1v) is 10.7. The standard InChI is InChI=1S/C26H35NO/c1-21(25(27-2)20-19-22-13-7-4-8-14-22)26(28-3,23-15-9-5-10-16-23)24-17-11-6-12-18-24/h5-6,9-12,15-19,21,25,27H,4,7-8,13-14,20H2,1-3H3. The molecule has 2 unspecified atom stereocenters. The maximum atomic E-state index is 6.39. The van der Waals surface area contributed by atoms with Crippen molar-refractivity contribution in [3.05, 3.63) is 83.4 Å². The first-order chi connectivity index (χ1) is 13.7. The van der Waals surface area contributed by atoms with Gasteiger partial charge in [0.05, 0.1) is 0 Å². The van der Waals surface area contributed by atoms with Gasteiger partial charge in [-0.05, 0) is 50.3 Å². The SMILES string of the molecule is CNC(CC=C1CCCCC1)C(C)C(OC)(c1ccccc1)c1ccccc1.